The van der Waals surface area contributed by atoms with Gasteiger partial charge >= 0.3 is 11.9 Å². The molecule has 1 heterocycles. The first-order chi connectivity index (χ1) is 15.2. The zero-order chi connectivity index (χ0) is 24.0. The third-order valence-corrected chi connectivity index (χ3v) is 5.75. The molecule has 3 unspecified atom stereocenters. The number of esters is 2. The van der Waals surface area contributed by atoms with Crippen LogP contribution in [0.3, 0.4) is 0 Å². The van der Waals surface area contributed by atoms with Gasteiger partial charge in [0, 0.05) is 30.3 Å². The lowest BCUT2D eigenvalue weighted by Gasteiger charge is -2.36. The monoisotopic (exact) mass is 481 g/mol. The van der Waals surface area contributed by atoms with Crippen LogP contribution in [0, 0.1) is 5.92 Å². The number of aliphatic imine (C=N–C) groups is 1. The number of carbonyl (C=O) groups excluding carboxylic acids is 2. The number of hydrogen-bond acceptors (Lipinski definition) is 7. The molecule has 1 aliphatic heterocycles. The van der Waals surface area contributed by atoms with Crippen molar-refractivity contribution in [3.63, 3.8) is 0 Å². The number of nitrogens with two attached hydrogens (primary N) is 1. The number of nitrogens with zero attached hydrogens (tertiary/aromatic N) is 2. The Morgan fingerprint density at radius 2 is 1.94 bits per heavy atom. The van der Waals surface area contributed by atoms with Gasteiger partial charge in [-0.05, 0) is 44.6 Å². The number of methoxy groups -OCH3 is 1. The molecule has 174 valence electrons. The highest BCUT2D eigenvalue weighted by atomic mass is 35.5. The van der Waals surface area contributed by atoms with Gasteiger partial charge < -0.3 is 24.8 Å². The highest BCUT2D eigenvalue weighted by Gasteiger charge is 2.45. The Morgan fingerprint density at radius 1 is 1.28 bits per heavy atom. The Bertz CT molecular complexity index is 949. The van der Waals surface area contributed by atoms with Gasteiger partial charge in [-0.15, -0.1) is 0 Å². The SMILES string of the molecule is CCOC(=O)C1=C(C(OCC)N(C)C(N)=S)N=C(C)C(C(=O)OC)C1c1ccccc1Cl. The third kappa shape index (κ3) is 5.28. The largest absolute Gasteiger partial charge is 0.468 e. The van der Waals surface area contributed by atoms with E-state index in [1.54, 1.807) is 52.1 Å². The minimum absolute atomic E-state index is 0.0522. The second kappa shape index (κ2) is 11.4. The molecule has 32 heavy (non-hydrogen) atoms. The number of likely N-dealkylation sites (N-methyl/N-ethyl adjacent to an activating group) is 1. The molecule has 0 spiro atoms. The third-order valence-electron chi connectivity index (χ3n) is 5.12. The van der Waals surface area contributed by atoms with Crippen LogP contribution < -0.4 is 5.73 Å². The molecule has 0 saturated carbocycles. The van der Waals surface area contributed by atoms with Crippen LogP contribution in [0.2, 0.25) is 5.02 Å². The Morgan fingerprint density at radius 3 is 2.47 bits per heavy atom. The van der Waals surface area contributed by atoms with Crippen LogP contribution in [-0.2, 0) is 23.8 Å². The molecule has 1 aromatic rings. The summed E-state index contributed by atoms with van der Waals surface area (Å²) >= 11 is 11.6. The Labute approximate surface area is 198 Å². The van der Waals surface area contributed by atoms with E-state index in [-0.39, 0.29) is 23.0 Å². The number of ether oxygens (including phenoxy) is 3. The lowest BCUT2D eigenvalue weighted by Crippen LogP contribution is -2.46. The fourth-order valence-electron chi connectivity index (χ4n) is 3.66. The fourth-order valence-corrected chi connectivity index (χ4v) is 4.01. The number of halogens is 1. The van der Waals surface area contributed by atoms with Crippen molar-refractivity contribution in [2.75, 3.05) is 27.4 Å². The molecular formula is C22H28ClN3O5S. The van der Waals surface area contributed by atoms with Gasteiger partial charge in [-0.2, -0.15) is 0 Å². The van der Waals surface area contributed by atoms with Crippen molar-refractivity contribution >= 4 is 46.6 Å². The number of hydrogen-bond donors (Lipinski definition) is 1. The first-order valence-electron chi connectivity index (χ1n) is 10.1. The summed E-state index contributed by atoms with van der Waals surface area (Å²) in [5.74, 6) is -2.89. The summed E-state index contributed by atoms with van der Waals surface area (Å²) < 4.78 is 16.3. The maximum Gasteiger partial charge on any atom is 0.336 e. The average Bonchev–Trinajstić information content (AvgIpc) is 2.76. The minimum Gasteiger partial charge on any atom is -0.468 e. The Balaban J connectivity index is 2.90. The van der Waals surface area contributed by atoms with Crippen LogP contribution in [0.15, 0.2) is 40.5 Å². The van der Waals surface area contributed by atoms with Gasteiger partial charge in [-0.25, -0.2) is 4.79 Å². The van der Waals surface area contributed by atoms with Crippen molar-refractivity contribution in [3.8, 4) is 0 Å². The second-order valence-electron chi connectivity index (χ2n) is 7.03. The quantitative estimate of drug-likeness (QED) is 0.343. The summed E-state index contributed by atoms with van der Waals surface area (Å²) in [6, 6.07) is 6.99. The van der Waals surface area contributed by atoms with Gasteiger partial charge in [-0.1, -0.05) is 29.8 Å². The molecule has 0 aromatic heterocycles. The molecule has 0 aliphatic carbocycles. The summed E-state index contributed by atoms with van der Waals surface area (Å²) in [7, 11) is 2.92. The van der Waals surface area contributed by atoms with E-state index in [0.29, 0.717) is 22.9 Å². The van der Waals surface area contributed by atoms with E-state index >= 15 is 0 Å². The molecule has 1 aliphatic rings. The van der Waals surface area contributed by atoms with E-state index in [2.05, 4.69) is 4.99 Å². The second-order valence-corrected chi connectivity index (χ2v) is 7.85. The molecule has 3 atom stereocenters. The van der Waals surface area contributed by atoms with Crippen molar-refractivity contribution < 1.29 is 23.8 Å². The summed E-state index contributed by atoms with van der Waals surface area (Å²) in [5, 5.41) is 0.439. The molecule has 10 heteroatoms. The van der Waals surface area contributed by atoms with Crippen molar-refractivity contribution in [2.45, 2.75) is 32.9 Å². The van der Waals surface area contributed by atoms with E-state index < -0.39 is 30.0 Å². The van der Waals surface area contributed by atoms with Crippen molar-refractivity contribution in [3.05, 3.63) is 46.1 Å². The predicted molar refractivity (Wildman–Crippen MR) is 126 cm³/mol. The fraction of sp³-hybridized carbons (Fsp3) is 0.455. The molecular weight excluding hydrogens is 454 g/mol. The maximum absolute atomic E-state index is 13.3. The van der Waals surface area contributed by atoms with Crippen molar-refractivity contribution in [1.29, 1.82) is 0 Å². The highest BCUT2D eigenvalue weighted by Crippen LogP contribution is 2.43. The van der Waals surface area contributed by atoms with Crippen LogP contribution in [0.5, 0.6) is 0 Å². The minimum atomic E-state index is -0.888. The van der Waals surface area contributed by atoms with Gasteiger partial charge in [0.25, 0.3) is 0 Å². The number of rotatable bonds is 8. The Kier molecular flexibility index (Phi) is 9.18. The van der Waals surface area contributed by atoms with E-state index in [4.69, 9.17) is 43.8 Å². The molecule has 2 N–H and O–H groups in total. The summed E-state index contributed by atoms with van der Waals surface area (Å²) in [6.45, 7) is 5.60. The molecule has 0 fully saturated rings. The molecule has 1 aromatic carbocycles. The van der Waals surface area contributed by atoms with E-state index in [0.717, 1.165) is 0 Å². The zero-order valence-electron chi connectivity index (χ0n) is 18.8. The van der Waals surface area contributed by atoms with Gasteiger partial charge in [0.2, 0.25) is 0 Å². The first kappa shape index (κ1) is 25.8. The molecule has 0 saturated heterocycles. The first-order valence-corrected chi connectivity index (χ1v) is 10.9. The Hall–Kier alpha value is -2.49. The standard InChI is InChI=1S/C22H28ClN3O5S/c1-6-30-19(26(4)22(24)32)18-17(21(28)31-7-2)16(13-10-8-9-11-14(13)23)15(12(3)25-18)20(27)29-5/h8-11,15-16,19H,6-7H2,1-5H3,(H2,24,32). The van der Waals surface area contributed by atoms with Gasteiger partial charge in [0.15, 0.2) is 11.3 Å². The van der Waals surface area contributed by atoms with Crippen LogP contribution >= 0.6 is 23.8 Å². The summed E-state index contributed by atoms with van der Waals surface area (Å²) in [5.41, 5.74) is 7.24. The van der Waals surface area contributed by atoms with Crippen molar-refractivity contribution in [1.82, 2.24) is 4.90 Å². The number of thiocarbonyl (C=S) groups is 1. The highest BCUT2D eigenvalue weighted by molar-refractivity contribution is 7.80. The molecule has 8 nitrogen and oxygen atoms in total. The topological polar surface area (TPSA) is 103 Å². The molecule has 0 amide bonds. The van der Waals surface area contributed by atoms with Crippen LogP contribution in [0.4, 0.5) is 0 Å². The molecule has 0 bridgehead atoms. The number of carbonyl (C=O) groups is 2. The van der Waals surface area contributed by atoms with Gasteiger partial charge in [0.05, 0.1) is 19.3 Å². The smallest absolute Gasteiger partial charge is 0.336 e. The molecule has 2 rings (SSSR count). The van der Waals surface area contributed by atoms with Crippen molar-refractivity contribution in [2.24, 2.45) is 16.6 Å². The summed E-state index contributed by atoms with van der Waals surface area (Å²) in [6.07, 6.45) is -0.879. The average molecular weight is 482 g/mol. The van der Waals surface area contributed by atoms with Gasteiger partial charge in [0.1, 0.15) is 11.6 Å². The van der Waals surface area contributed by atoms with E-state index in [9.17, 15) is 9.59 Å². The van der Waals surface area contributed by atoms with Crippen LogP contribution in [0.25, 0.3) is 0 Å². The lowest BCUT2D eigenvalue weighted by molar-refractivity contribution is -0.144. The normalized spacial score (nSPS) is 19.1. The lowest BCUT2D eigenvalue weighted by atomic mass is 9.75. The van der Waals surface area contributed by atoms with Crippen LogP contribution in [0.1, 0.15) is 32.3 Å². The van der Waals surface area contributed by atoms with E-state index in [1.165, 1.54) is 12.0 Å². The maximum atomic E-state index is 13.3. The molecule has 0 radical (unpaired) electrons. The predicted octanol–water partition coefficient (Wildman–Crippen LogP) is 3.04. The summed E-state index contributed by atoms with van der Waals surface area (Å²) in [4.78, 5) is 32.2. The number of benzene rings is 1. The van der Waals surface area contributed by atoms with E-state index in [1.807, 2.05) is 0 Å². The van der Waals surface area contributed by atoms with Gasteiger partial charge in [-0.3, -0.25) is 9.79 Å². The zero-order valence-corrected chi connectivity index (χ0v) is 20.3. The van der Waals surface area contributed by atoms with Crippen LogP contribution in [-0.4, -0.2) is 61.3 Å².